The number of hydrogen-bond donors (Lipinski definition) is 1. The second-order valence-electron chi connectivity index (χ2n) is 2.90. The molecule has 1 rings (SSSR count). The molecule has 1 aromatic carbocycles. The summed E-state index contributed by atoms with van der Waals surface area (Å²) in [5, 5.41) is 9.50. The van der Waals surface area contributed by atoms with Crippen LogP contribution in [0.25, 0.3) is 0 Å². The van der Waals surface area contributed by atoms with E-state index in [2.05, 4.69) is 4.74 Å². The number of rotatable bonds is 4. The Labute approximate surface area is 92.6 Å². The molecule has 0 aliphatic heterocycles. The molecular formula is C11H12O5. The minimum Gasteiger partial charge on any atom is -0.507 e. The fraction of sp³-hybridized carbons (Fsp3) is 0.273. The van der Waals surface area contributed by atoms with Gasteiger partial charge in [0.05, 0.1) is 13.7 Å². The van der Waals surface area contributed by atoms with Crippen LogP contribution in [0.3, 0.4) is 0 Å². The first-order valence-corrected chi connectivity index (χ1v) is 4.69. The van der Waals surface area contributed by atoms with Crippen LogP contribution in [-0.2, 0) is 9.53 Å². The van der Waals surface area contributed by atoms with E-state index in [1.54, 1.807) is 6.92 Å². The summed E-state index contributed by atoms with van der Waals surface area (Å²) in [6, 6.07) is 4.29. The maximum atomic E-state index is 11.6. The van der Waals surface area contributed by atoms with Crippen molar-refractivity contribution in [1.82, 2.24) is 0 Å². The fourth-order valence-electron chi connectivity index (χ4n) is 1.22. The van der Waals surface area contributed by atoms with Gasteiger partial charge < -0.3 is 14.6 Å². The van der Waals surface area contributed by atoms with Crippen LogP contribution in [0.1, 0.15) is 17.3 Å². The standard InChI is InChI=1S/C11H12O5/c1-3-16-11(14)10(13)9-7(12)5-4-6-8(9)15-2/h4-6,12H,3H2,1-2H3. The SMILES string of the molecule is CCOC(=O)C(=O)c1c(O)cccc1OC. The number of Topliss-reactive ketones (excluding diaryl/α,β-unsaturated/α-hetero) is 1. The third-order valence-electron chi connectivity index (χ3n) is 1.91. The van der Waals surface area contributed by atoms with Gasteiger partial charge in [0.1, 0.15) is 17.1 Å². The van der Waals surface area contributed by atoms with E-state index < -0.39 is 11.8 Å². The third-order valence-corrected chi connectivity index (χ3v) is 1.91. The largest absolute Gasteiger partial charge is 0.507 e. The Morgan fingerprint density at radius 2 is 2.06 bits per heavy atom. The number of phenols is 1. The Balaban J connectivity index is 3.12. The number of aromatic hydroxyl groups is 1. The quantitative estimate of drug-likeness (QED) is 0.471. The molecule has 0 unspecified atom stereocenters. The number of methoxy groups -OCH3 is 1. The molecule has 0 atom stereocenters. The van der Waals surface area contributed by atoms with Crippen LogP contribution in [0.2, 0.25) is 0 Å². The van der Waals surface area contributed by atoms with Gasteiger partial charge in [-0.25, -0.2) is 4.79 Å². The Kier molecular flexibility index (Phi) is 3.88. The summed E-state index contributed by atoms with van der Waals surface area (Å²) in [5.41, 5.74) is -0.177. The number of ether oxygens (including phenoxy) is 2. The van der Waals surface area contributed by atoms with Crippen LogP contribution < -0.4 is 4.74 Å². The highest BCUT2D eigenvalue weighted by atomic mass is 16.5. The minimum absolute atomic E-state index is 0.0977. The smallest absolute Gasteiger partial charge is 0.379 e. The van der Waals surface area contributed by atoms with Gasteiger partial charge in [0.25, 0.3) is 5.78 Å². The van der Waals surface area contributed by atoms with Crippen molar-refractivity contribution in [3.05, 3.63) is 23.8 Å². The zero-order chi connectivity index (χ0) is 12.1. The molecule has 0 aliphatic rings. The van der Waals surface area contributed by atoms with Crippen molar-refractivity contribution < 1.29 is 24.2 Å². The van der Waals surface area contributed by atoms with Crippen LogP contribution in [0.5, 0.6) is 11.5 Å². The first kappa shape index (κ1) is 12.0. The van der Waals surface area contributed by atoms with Crippen molar-refractivity contribution in [3.63, 3.8) is 0 Å². The molecule has 1 aromatic rings. The van der Waals surface area contributed by atoms with Crippen molar-refractivity contribution >= 4 is 11.8 Å². The van der Waals surface area contributed by atoms with Gasteiger partial charge in [-0.3, -0.25) is 4.79 Å². The van der Waals surface area contributed by atoms with Crippen molar-refractivity contribution in [3.8, 4) is 11.5 Å². The second kappa shape index (κ2) is 5.16. The summed E-state index contributed by atoms with van der Waals surface area (Å²) in [5.74, 6) is -2.10. The van der Waals surface area contributed by atoms with Gasteiger partial charge in [0.15, 0.2) is 0 Å². The highest BCUT2D eigenvalue weighted by molar-refractivity contribution is 6.42. The fourth-order valence-corrected chi connectivity index (χ4v) is 1.22. The van der Waals surface area contributed by atoms with Crippen molar-refractivity contribution in [2.24, 2.45) is 0 Å². The number of benzene rings is 1. The van der Waals surface area contributed by atoms with Gasteiger partial charge in [-0.1, -0.05) is 6.07 Å². The van der Waals surface area contributed by atoms with Crippen LogP contribution in [0, 0.1) is 0 Å². The molecule has 0 saturated carbocycles. The molecule has 0 heterocycles. The van der Waals surface area contributed by atoms with Gasteiger partial charge in [-0.2, -0.15) is 0 Å². The maximum absolute atomic E-state index is 11.6. The number of ketones is 1. The van der Waals surface area contributed by atoms with Gasteiger partial charge in [-0.15, -0.1) is 0 Å². The zero-order valence-electron chi connectivity index (χ0n) is 9.02. The minimum atomic E-state index is -1.01. The molecule has 0 amide bonds. The van der Waals surface area contributed by atoms with Crippen LogP contribution in [-0.4, -0.2) is 30.6 Å². The summed E-state index contributed by atoms with van der Waals surface area (Å²) in [7, 11) is 1.34. The molecule has 5 nitrogen and oxygen atoms in total. The summed E-state index contributed by atoms with van der Waals surface area (Å²) >= 11 is 0. The molecule has 16 heavy (non-hydrogen) atoms. The Morgan fingerprint density at radius 3 is 2.62 bits per heavy atom. The molecule has 0 fully saturated rings. The monoisotopic (exact) mass is 224 g/mol. The van der Waals surface area contributed by atoms with Gasteiger partial charge >= 0.3 is 5.97 Å². The number of carbonyl (C=O) groups excluding carboxylic acids is 2. The van der Waals surface area contributed by atoms with E-state index in [0.717, 1.165) is 0 Å². The number of carbonyl (C=O) groups is 2. The average molecular weight is 224 g/mol. The molecule has 5 heteroatoms. The lowest BCUT2D eigenvalue weighted by molar-refractivity contribution is -0.137. The van der Waals surface area contributed by atoms with E-state index in [9.17, 15) is 14.7 Å². The van der Waals surface area contributed by atoms with E-state index in [-0.39, 0.29) is 23.7 Å². The van der Waals surface area contributed by atoms with Gasteiger partial charge in [-0.05, 0) is 19.1 Å². The summed E-state index contributed by atoms with van der Waals surface area (Å²) in [6.07, 6.45) is 0. The van der Waals surface area contributed by atoms with Gasteiger partial charge in [0, 0.05) is 0 Å². The summed E-state index contributed by atoms with van der Waals surface area (Å²) in [4.78, 5) is 22.8. The molecule has 86 valence electrons. The van der Waals surface area contributed by atoms with E-state index in [1.807, 2.05) is 0 Å². The predicted molar refractivity (Wildman–Crippen MR) is 55.6 cm³/mol. The number of hydrogen-bond acceptors (Lipinski definition) is 5. The Morgan fingerprint density at radius 1 is 1.38 bits per heavy atom. The lowest BCUT2D eigenvalue weighted by atomic mass is 10.1. The van der Waals surface area contributed by atoms with E-state index >= 15 is 0 Å². The maximum Gasteiger partial charge on any atom is 0.379 e. The molecule has 0 saturated heterocycles. The molecule has 1 N–H and O–H groups in total. The van der Waals surface area contributed by atoms with Crippen LogP contribution >= 0.6 is 0 Å². The highest BCUT2D eigenvalue weighted by Gasteiger charge is 2.24. The molecule has 0 bridgehead atoms. The van der Waals surface area contributed by atoms with Crippen LogP contribution in [0.4, 0.5) is 0 Å². The molecule has 0 aliphatic carbocycles. The Hall–Kier alpha value is -2.04. The molecule has 0 spiro atoms. The normalized spacial score (nSPS) is 9.62. The number of esters is 1. The zero-order valence-corrected chi connectivity index (χ0v) is 9.02. The van der Waals surface area contributed by atoms with E-state index in [4.69, 9.17) is 4.74 Å². The third kappa shape index (κ3) is 2.31. The van der Waals surface area contributed by atoms with E-state index in [0.29, 0.717) is 0 Å². The average Bonchev–Trinajstić information content (AvgIpc) is 2.28. The van der Waals surface area contributed by atoms with Crippen molar-refractivity contribution in [1.29, 1.82) is 0 Å². The topological polar surface area (TPSA) is 72.8 Å². The first-order valence-electron chi connectivity index (χ1n) is 4.69. The first-order chi connectivity index (χ1) is 7.61. The molecular weight excluding hydrogens is 212 g/mol. The summed E-state index contributed by atoms with van der Waals surface area (Å²) in [6.45, 7) is 1.69. The lowest BCUT2D eigenvalue weighted by Gasteiger charge is -2.08. The van der Waals surface area contributed by atoms with E-state index in [1.165, 1.54) is 25.3 Å². The second-order valence-corrected chi connectivity index (χ2v) is 2.90. The molecule has 0 aromatic heterocycles. The van der Waals surface area contributed by atoms with Crippen molar-refractivity contribution in [2.75, 3.05) is 13.7 Å². The number of phenolic OH excluding ortho intramolecular Hbond substituents is 1. The summed E-state index contributed by atoms with van der Waals surface area (Å²) < 4.78 is 9.44. The van der Waals surface area contributed by atoms with Crippen LogP contribution in [0.15, 0.2) is 18.2 Å². The predicted octanol–water partition coefficient (Wildman–Crippen LogP) is 1.15. The molecule has 0 radical (unpaired) electrons. The lowest BCUT2D eigenvalue weighted by Crippen LogP contribution is -2.18. The van der Waals surface area contributed by atoms with Gasteiger partial charge in [0.2, 0.25) is 0 Å². The Bertz CT molecular complexity index is 411. The highest BCUT2D eigenvalue weighted by Crippen LogP contribution is 2.27. The van der Waals surface area contributed by atoms with Crippen molar-refractivity contribution in [2.45, 2.75) is 6.92 Å².